The molecule has 1 aliphatic rings. The van der Waals surface area contributed by atoms with Crippen LogP contribution < -0.4 is 5.32 Å². The fraction of sp³-hybridized carbons (Fsp3) is 0.455. The average molecular weight is 189 g/mol. The van der Waals surface area contributed by atoms with Gasteiger partial charge in [-0.2, -0.15) is 5.26 Å². The van der Waals surface area contributed by atoms with Gasteiger partial charge in [0.2, 0.25) is 0 Å². The van der Waals surface area contributed by atoms with Gasteiger partial charge in [0.15, 0.2) is 0 Å². The molecule has 1 saturated heterocycles. The van der Waals surface area contributed by atoms with Crippen LogP contribution in [0.4, 0.5) is 0 Å². The van der Waals surface area contributed by atoms with Gasteiger partial charge < -0.3 is 5.32 Å². The molecule has 1 N–H and O–H groups in total. The van der Waals surface area contributed by atoms with Crippen LogP contribution in [0, 0.1) is 17.2 Å². The first-order valence-electron chi connectivity index (χ1n) is 4.89. The first-order chi connectivity index (χ1) is 6.93. The molecule has 0 aliphatic carbocycles. The lowest BCUT2D eigenvalue weighted by Crippen LogP contribution is -2.28. The Bertz CT molecular complexity index is 233. The molecule has 0 spiro atoms. The van der Waals surface area contributed by atoms with Crippen molar-refractivity contribution >= 4 is 0 Å². The minimum absolute atomic E-state index is 0.281. The quantitative estimate of drug-likeness (QED) is 0.674. The average Bonchev–Trinajstić information content (AvgIpc) is 2.33. The van der Waals surface area contributed by atoms with E-state index in [1.165, 1.54) is 0 Å². The van der Waals surface area contributed by atoms with E-state index in [9.17, 15) is 0 Å². The normalized spacial score (nSPS) is 20.1. The smallest absolute Gasteiger partial charge is 0.0669 e. The lowest BCUT2D eigenvalue weighted by Gasteiger charge is -2.15. The van der Waals surface area contributed by atoms with Crippen molar-refractivity contribution in [3.05, 3.63) is 30.6 Å². The molecule has 1 aliphatic heterocycles. The molecule has 0 aromatic carbocycles. The van der Waals surface area contributed by atoms with E-state index in [2.05, 4.69) is 16.4 Å². The van der Waals surface area contributed by atoms with Crippen molar-refractivity contribution in [3.8, 4) is 6.07 Å². The molecule has 3 nitrogen and oxygen atoms in total. The van der Waals surface area contributed by atoms with Gasteiger partial charge in [-0.05, 0) is 31.5 Å². The van der Waals surface area contributed by atoms with E-state index in [1.807, 2.05) is 18.2 Å². The van der Waals surface area contributed by atoms with Crippen molar-refractivity contribution in [1.29, 1.82) is 5.26 Å². The van der Waals surface area contributed by atoms with E-state index < -0.39 is 0 Å². The summed E-state index contributed by atoms with van der Waals surface area (Å²) in [6.45, 7) is 1.99. The fourth-order valence-corrected chi connectivity index (χ4v) is 1.27. The van der Waals surface area contributed by atoms with Gasteiger partial charge in [0.1, 0.15) is 0 Å². The van der Waals surface area contributed by atoms with Crippen LogP contribution in [0.5, 0.6) is 0 Å². The molecule has 0 radical (unpaired) electrons. The second-order valence-corrected chi connectivity index (χ2v) is 3.20. The third-order valence-corrected chi connectivity index (χ3v) is 2.05. The Hall–Kier alpha value is -1.40. The van der Waals surface area contributed by atoms with Crippen LogP contribution in [0.3, 0.4) is 0 Å². The molecule has 2 heterocycles. The number of nitrogens with one attached hydrogen (secondary N) is 1. The number of hydrogen-bond donors (Lipinski definition) is 1. The van der Waals surface area contributed by atoms with Crippen molar-refractivity contribution in [1.82, 2.24) is 10.3 Å². The minimum atomic E-state index is 0.281. The number of nitrogens with zero attached hydrogens (tertiary/aromatic N) is 2. The Morgan fingerprint density at radius 3 is 2.36 bits per heavy atom. The molecule has 1 aromatic heterocycles. The monoisotopic (exact) mass is 189 g/mol. The van der Waals surface area contributed by atoms with E-state index in [-0.39, 0.29) is 5.92 Å². The maximum atomic E-state index is 8.40. The maximum Gasteiger partial charge on any atom is 0.0669 e. The summed E-state index contributed by atoms with van der Waals surface area (Å²) in [4.78, 5) is 3.78. The van der Waals surface area contributed by atoms with Gasteiger partial charge >= 0.3 is 0 Å². The predicted octanol–water partition coefficient (Wildman–Crippen LogP) is 1.59. The molecule has 0 saturated carbocycles. The van der Waals surface area contributed by atoms with Gasteiger partial charge in [-0.15, -0.1) is 0 Å². The Morgan fingerprint density at radius 2 is 2.07 bits per heavy atom. The van der Waals surface area contributed by atoms with Crippen LogP contribution in [0.15, 0.2) is 30.6 Å². The summed E-state index contributed by atoms with van der Waals surface area (Å²) in [6.07, 6.45) is 5.75. The topological polar surface area (TPSA) is 48.7 Å². The Labute approximate surface area is 84.8 Å². The standard InChI is InChI=1S/C6H10N2.C5H5N/c7-4-6-2-1-3-8-5-6;1-2-4-6-5-3-1/h6,8H,1-3,5H2;1-5H. The van der Waals surface area contributed by atoms with E-state index in [1.54, 1.807) is 12.4 Å². The summed E-state index contributed by atoms with van der Waals surface area (Å²) in [5.74, 6) is 0.281. The molecular weight excluding hydrogens is 174 g/mol. The van der Waals surface area contributed by atoms with Crippen molar-refractivity contribution in [2.75, 3.05) is 13.1 Å². The molecule has 1 atom stereocenters. The number of piperidine rings is 1. The Morgan fingerprint density at radius 1 is 1.29 bits per heavy atom. The van der Waals surface area contributed by atoms with Crippen molar-refractivity contribution < 1.29 is 0 Å². The first-order valence-corrected chi connectivity index (χ1v) is 4.89. The van der Waals surface area contributed by atoms with Crippen LogP contribution in [0.2, 0.25) is 0 Å². The molecule has 2 rings (SSSR count). The van der Waals surface area contributed by atoms with Crippen LogP contribution >= 0.6 is 0 Å². The third kappa shape index (κ3) is 4.58. The highest BCUT2D eigenvalue weighted by Crippen LogP contribution is 2.06. The zero-order chi connectivity index (χ0) is 10.1. The SMILES string of the molecule is N#CC1CCCNC1.c1ccncc1. The number of rotatable bonds is 0. The van der Waals surface area contributed by atoms with Gasteiger partial charge in [0.05, 0.1) is 12.0 Å². The highest BCUT2D eigenvalue weighted by molar-refractivity contribution is 4.88. The summed E-state index contributed by atoms with van der Waals surface area (Å²) in [5.41, 5.74) is 0. The summed E-state index contributed by atoms with van der Waals surface area (Å²) in [6, 6.07) is 7.96. The van der Waals surface area contributed by atoms with Crippen molar-refractivity contribution in [3.63, 3.8) is 0 Å². The number of hydrogen-bond acceptors (Lipinski definition) is 3. The number of pyridine rings is 1. The second kappa shape index (κ2) is 7.05. The molecular formula is C11H15N3. The van der Waals surface area contributed by atoms with Crippen molar-refractivity contribution in [2.45, 2.75) is 12.8 Å². The van der Waals surface area contributed by atoms with Gasteiger partial charge in [0.25, 0.3) is 0 Å². The number of aromatic nitrogens is 1. The van der Waals surface area contributed by atoms with E-state index in [0.717, 1.165) is 25.9 Å². The van der Waals surface area contributed by atoms with Crippen LogP contribution in [-0.4, -0.2) is 18.1 Å². The minimum Gasteiger partial charge on any atom is -0.315 e. The van der Waals surface area contributed by atoms with E-state index in [0.29, 0.717) is 0 Å². The van der Waals surface area contributed by atoms with Gasteiger partial charge in [0, 0.05) is 18.9 Å². The molecule has 3 heteroatoms. The molecule has 74 valence electrons. The van der Waals surface area contributed by atoms with E-state index in [4.69, 9.17) is 5.26 Å². The van der Waals surface area contributed by atoms with Crippen LogP contribution in [-0.2, 0) is 0 Å². The lowest BCUT2D eigenvalue weighted by atomic mass is 10.0. The Balaban J connectivity index is 0.000000146. The summed E-state index contributed by atoms with van der Waals surface area (Å²) in [7, 11) is 0. The molecule has 1 fully saturated rings. The molecule has 1 unspecified atom stereocenters. The van der Waals surface area contributed by atoms with Crippen LogP contribution in [0.1, 0.15) is 12.8 Å². The lowest BCUT2D eigenvalue weighted by molar-refractivity contribution is 0.446. The van der Waals surface area contributed by atoms with Crippen LogP contribution in [0.25, 0.3) is 0 Å². The molecule has 0 bridgehead atoms. The maximum absolute atomic E-state index is 8.40. The Kier molecular flexibility index (Phi) is 5.38. The number of nitriles is 1. The fourth-order valence-electron chi connectivity index (χ4n) is 1.27. The van der Waals surface area contributed by atoms with E-state index >= 15 is 0 Å². The highest BCUT2D eigenvalue weighted by Gasteiger charge is 2.09. The summed E-state index contributed by atoms with van der Waals surface area (Å²) in [5, 5.41) is 11.6. The predicted molar refractivity (Wildman–Crippen MR) is 55.4 cm³/mol. The summed E-state index contributed by atoms with van der Waals surface area (Å²) < 4.78 is 0. The third-order valence-electron chi connectivity index (χ3n) is 2.05. The zero-order valence-corrected chi connectivity index (χ0v) is 8.19. The van der Waals surface area contributed by atoms with Gasteiger partial charge in [-0.25, -0.2) is 0 Å². The van der Waals surface area contributed by atoms with Crippen molar-refractivity contribution in [2.24, 2.45) is 5.92 Å². The second-order valence-electron chi connectivity index (χ2n) is 3.20. The molecule has 14 heavy (non-hydrogen) atoms. The largest absolute Gasteiger partial charge is 0.315 e. The van der Waals surface area contributed by atoms with Gasteiger partial charge in [-0.1, -0.05) is 6.07 Å². The molecule has 0 amide bonds. The summed E-state index contributed by atoms with van der Waals surface area (Å²) >= 11 is 0. The molecule has 1 aromatic rings. The first kappa shape index (κ1) is 10.7. The highest BCUT2D eigenvalue weighted by atomic mass is 14.9. The van der Waals surface area contributed by atoms with Gasteiger partial charge in [-0.3, -0.25) is 4.98 Å². The zero-order valence-electron chi connectivity index (χ0n) is 8.19.